The van der Waals surface area contributed by atoms with Gasteiger partial charge in [0.05, 0.1) is 17.7 Å². The van der Waals surface area contributed by atoms with Gasteiger partial charge in [-0.2, -0.15) is 0 Å². The fourth-order valence-corrected chi connectivity index (χ4v) is 2.27. The van der Waals surface area contributed by atoms with Crippen LogP contribution in [0.1, 0.15) is 42.8 Å². The molecule has 19 heavy (non-hydrogen) atoms. The van der Waals surface area contributed by atoms with Crippen LogP contribution in [0, 0.1) is 0 Å². The number of ketones is 1. The molecule has 0 fully saturated rings. The standard InChI is InChI=1S/C15H16O4/c1-4-18-10(3)13(9(2)16)14-11-7-5-6-8-12(11)15(17)19-14/h5-8,14H,4H2,1-3H3/b13-10+. The first-order valence-corrected chi connectivity index (χ1v) is 6.20. The number of rotatable bonds is 4. The molecule has 1 aliphatic rings. The van der Waals surface area contributed by atoms with E-state index in [2.05, 4.69) is 0 Å². The van der Waals surface area contributed by atoms with Crippen molar-refractivity contribution in [1.29, 1.82) is 0 Å². The molecule has 1 heterocycles. The largest absolute Gasteiger partial charge is 0.498 e. The quantitative estimate of drug-likeness (QED) is 0.474. The van der Waals surface area contributed by atoms with Crippen LogP contribution in [0.3, 0.4) is 0 Å². The number of hydrogen-bond donors (Lipinski definition) is 0. The second-order valence-electron chi connectivity index (χ2n) is 4.33. The zero-order chi connectivity index (χ0) is 14.0. The van der Waals surface area contributed by atoms with E-state index in [4.69, 9.17) is 9.47 Å². The van der Waals surface area contributed by atoms with E-state index in [1.54, 1.807) is 25.1 Å². The summed E-state index contributed by atoms with van der Waals surface area (Å²) in [4.78, 5) is 23.6. The van der Waals surface area contributed by atoms with E-state index < -0.39 is 12.1 Å². The lowest BCUT2D eigenvalue weighted by atomic mass is 9.96. The zero-order valence-electron chi connectivity index (χ0n) is 11.2. The summed E-state index contributed by atoms with van der Waals surface area (Å²) in [6, 6.07) is 7.09. The van der Waals surface area contributed by atoms with Gasteiger partial charge in [-0.05, 0) is 26.8 Å². The van der Waals surface area contributed by atoms with Crippen molar-refractivity contribution in [3.05, 3.63) is 46.7 Å². The number of cyclic esters (lactones) is 1. The minimum atomic E-state index is -0.659. The molecule has 1 unspecified atom stereocenters. The van der Waals surface area contributed by atoms with Gasteiger partial charge in [-0.15, -0.1) is 0 Å². The van der Waals surface area contributed by atoms with Gasteiger partial charge in [0.1, 0.15) is 5.76 Å². The van der Waals surface area contributed by atoms with E-state index in [9.17, 15) is 9.59 Å². The Hall–Kier alpha value is -2.10. The summed E-state index contributed by atoms with van der Waals surface area (Å²) < 4.78 is 10.7. The van der Waals surface area contributed by atoms with Gasteiger partial charge in [0.15, 0.2) is 11.9 Å². The maximum absolute atomic E-state index is 11.8. The van der Waals surface area contributed by atoms with Crippen molar-refractivity contribution in [3.8, 4) is 0 Å². The minimum absolute atomic E-state index is 0.152. The minimum Gasteiger partial charge on any atom is -0.498 e. The summed E-state index contributed by atoms with van der Waals surface area (Å²) in [6.07, 6.45) is -0.659. The van der Waals surface area contributed by atoms with Crippen LogP contribution in [0.5, 0.6) is 0 Å². The molecule has 0 saturated heterocycles. The van der Waals surface area contributed by atoms with Crippen LogP contribution >= 0.6 is 0 Å². The maximum atomic E-state index is 11.8. The van der Waals surface area contributed by atoms with Crippen LogP contribution in [-0.4, -0.2) is 18.4 Å². The Morgan fingerprint density at radius 2 is 2.00 bits per heavy atom. The molecular formula is C15H16O4. The van der Waals surface area contributed by atoms with Gasteiger partial charge < -0.3 is 9.47 Å². The average Bonchev–Trinajstić information content (AvgIpc) is 2.68. The molecule has 0 N–H and O–H groups in total. The second-order valence-corrected chi connectivity index (χ2v) is 4.33. The molecular weight excluding hydrogens is 244 g/mol. The Labute approximate surface area is 112 Å². The van der Waals surface area contributed by atoms with Crippen LogP contribution in [0.4, 0.5) is 0 Å². The maximum Gasteiger partial charge on any atom is 0.339 e. The lowest BCUT2D eigenvalue weighted by Crippen LogP contribution is -2.13. The first-order chi connectivity index (χ1) is 9.06. The van der Waals surface area contributed by atoms with Crippen molar-refractivity contribution in [2.45, 2.75) is 26.9 Å². The van der Waals surface area contributed by atoms with Crippen molar-refractivity contribution in [1.82, 2.24) is 0 Å². The molecule has 4 heteroatoms. The Balaban J connectivity index is 2.49. The summed E-state index contributed by atoms with van der Waals surface area (Å²) in [5, 5.41) is 0. The lowest BCUT2D eigenvalue weighted by molar-refractivity contribution is -0.114. The third-order valence-corrected chi connectivity index (χ3v) is 3.07. The predicted octanol–water partition coefficient (Wildman–Crippen LogP) is 2.80. The third-order valence-electron chi connectivity index (χ3n) is 3.07. The third kappa shape index (κ3) is 2.38. The van der Waals surface area contributed by atoms with E-state index in [-0.39, 0.29) is 5.78 Å². The van der Waals surface area contributed by atoms with Crippen LogP contribution in [-0.2, 0) is 14.3 Å². The fraction of sp³-hybridized carbons (Fsp3) is 0.333. The molecule has 0 aliphatic carbocycles. The first-order valence-electron chi connectivity index (χ1n) is 6.20. The fourth-order valence-electron chi connectivity index (χ4n) is 2.27. The Morgan fingerprint density at radius 3 is 2.63 bits per heavy atom. The lowest BCUT2D eigenvalue weighted by Gasteiger charge is -2.16. The van der Waals surface area contributed by atoms with E-state index >= 15 is 0 Å². The number of carbonyl (C=O) groups excluding carboxylic acids is 2. The molecule has 4 nitrogen and oxygen atoms in total. The summed E-state index contributed by atoms with van der Waals surface area (Å²) in [7, 11) is 0. The smallest absolute Gasteiger partial charge is 0.339 e. The zero-order valence-corrected chi connectivity index (χ0v) is 11.2. The molecule has 0 saturated carbocycles. The Kier molecular flexibility index (Phi) is 3.69. The molecule has 0 amide bonds. The molecule has 0 spiro atoms. The van der Waals surface area contributed by atoms with E-state index in [0.717, 1.165) is 5.56 Å². The van der Waals surface area contributed by atoms with Crippen LogP contribution < -0.4 is 0 Å². The Morgan fingerprint density at radius 1 is 1.32 bits per heavy atom. The molecule has 100 valence electrons. The number of allylic oxidation sites excluding steroid dienone is 1. The second kappa shape index (κ2) is 5.26. The molecule has 1 aromatic rings. The van der Waals surface area contributed by atoms with E-state index in [1.165, 1.54) is 6.92 Å². The highest BCUT2D eigenvalue weighted by Gasteiger charge is 2.36. The van der Waals surface area contributed by atoms with Crippen molar-refractivity contribution in [3.63, 3.8) is 0 Å². The first kappa shape index (κ1) is 13.3. The average molecular weight is 260 g/mol. The molecule has 1 atom stereocenters. The van der Waals surface area contributed by atoms with Crippen molar-refractivity contribution < 1.29 is 19.1 Å². The Bertz CT molecular complexity index is 557. The molecule has 2 rings (SSSR count). The van der Waals surface area contributed by atoms with Crippen LogP contribution in [0.2, 0.25) is 0 Å². The predicted molar refractivity (Wildman–Crippen MR) is 69.6 cm³/mol. The number of fused-ring (bicyclic) bond motifs is 1. The summed E-state index contributed by atoms with van der Waals surface area (Å²) in [5.41, 5.74) is 1.63. The van der Waals surface area contributed by atoms with Gasteiger partial charge in [-0.1, -0.05) is 18.2 Å². The van der Waals surface area contributed by atoms with Gasteiger partial charge in [0.2, 0.25) is 0 Å². The van der Waals surface area contributed by atoms with Crippen molar-refractivity contribution >= 4 is 11.8 Å². The normalized spacial score (nSPS) is 18.5. The van der Waals surface area contributed by atoms with Gasteiger partial charge in [-0.3, -0.25) is 4.79 Å². The van der Waals surface area contributed by atoms with Crippen molar-refractivity contribution in [2.24, 2.45) is 0 Å². The van der Waals surface area contributed by atoms with Gasteiger partial charge in [0, 0.05) is 5.56 Å². The topological polar surface area (TPSA) is 52.6 Å². The number of hydrogen-bond acceptors (Lipinski definition) is 4. The van der Waals surface area contributed by atoms with Crippen molar-refractivity contribution in [2.75, 3.05) is 6.61 Å². The molecule has 0 radical (unpaired) electrons. The summed E-state index contributed by atoms with van der Waals surface area (Å²) in [5.74, 6) is -0.0476. The molecule has 0 aromatic heterocycles. The van der Waals surface area contributed by atoms with Crippen LogP contribution in [0.25, 0.3) is 0 Å². The molecule has 0 bridgehead atoms. The van der Waals surface area contributed by atoms with E-state index in [1.807, 2.05) is 13.0 Å². The number of Topliss-reactive ketones (excluding diaryl/α,β-unsaturated/α-hetero) is 1. The SMILES string of the molecule is CCO/C(C)=C(\C(C)=O)C1OC(=O)c2ccccc21. The highest BCUT2D eigenvalue weighted by molar-refractivity contribution is 6.00. The number of benzene rings is 1. The summed E-state index contributed by atoms with van der Waals surface area (Å²) >= 11 is 0. The van der Waals surface area contributed by atoms with Gasteiger partial charge >= 0.3 is 5.97 Å². The highest BCUT2D eigenvalue weighted by atomic mass is 16.6. The molecule has 1 aromatic carbocycles. The number of carbonyl (C=O) groups is 2. The monoisotopic (exact) mass is 260 g/mol. The van der Waals surface area contributed by atoms with Gasteiger partial charge in [-0.25, -0.2) is 4.79 Å². The van der Waals surface area contributed by atoms with E-state index in [0.29, 0.717) is 23.5 Å². The summed E-state index contributed by atoms with van der Waals surface area (Å²) in [6.45, 7) is 5.47. The van der Waals surface area contributed by atoms with Gasteiger partial charge in [0.25, 0.3) is 0 Å². The number of esters is 1. The molecule has 1 aliphatic heterocycles. The highest BCUT2D eigenvalue weighted by Crippen LogP contribution is 2.37. The number of ether oxygens (including phenoxy) is 2. The van der Waals surface area contributed by atoms with Crippen LogP contribution in [0.15, 0.2) is 35.6 Å².